The van der Waals surface area contributed by atoms with Crippen molar-refractivity contribution < 1.29 is 18.4 Å². The van der Waals surface area contributed by atoms with E-state index >= 15 is 0 Å². The summed E-state index contributed by atoms with van der Waals surface area (Å²) in [7, 11) is -2.58. The lowest BCUT2D eigenvalue weighted by molar-refractivity contribution is -0.0594. The third-order valence-electron chi connectivity index (χ3n) is 13.4. The van der Waals surface area contributed by atoms with Crippen LogP contribution in [0.25, 0.3) is 0 Å². The van der Waals surface area contributed by atoms with Crippen molar-refractivity contribution in [1.82, 2.24) is 0 Å². The number of rotatable bonds is 14. The molecule has 0 unspecified atom stereocenters. The van der Waals surface area contributed by atoms with Gasteiger partial charge in [-0.2, -0.15) is 0 Å². The fraction of sp³-hybridized carbons (Fsp3) is 0.780. The molecular weight excluding hydrogens is 613 g/mol. The molecule has 0 bridgehead atoms. The van der Waals surface area contributed by atoms with Crippen LogP contribution in [-0.2, 0) is 8.85 Å². The van der Waals surface area contributed by atoms with Crippen LogP contribution in [0.3, 0.4) is 0 Å². The molecule has 8 atom stereocenters. The highest BCUT2D eigenvalue weighted by Crippen LogP contribution is 2.67. The van der Waals surface area contributed by atoms with Crippen molar-refractivity contribution in [3.63, 3.8) is 0 Å². The normalized spacial score (nSPS) is 32.7. The van der Waals surface area contributed by atoms with E-state index in [2.05, 4.69) is 66.9 Å². The summed E-state index contributed by atoms with van der Waals surface area (Å²) in [6, 6.07) is 8.66. The molecule has 0 spiro atoms. The van der Waals surface area contributed by atoms with Crippen LogP contribution >= 0.6 is 0 Å². The highest BCUT2D eigenvalue weighted by molar-refractivity contribution is 6.77. The zero-order valence-corrected chi connectivity index (χ0v) is 33.7. The van der Waals surface area contributed by atoms with Gasteiger partial charge in [0.2, 0.25) is 0 Å². The van der Waals surface area contributed by atoms with Crippen molar-refractivity contribution in [3.05, 3.63) is 41.5 Å². The molecule has 3 saturated carbocycles. The topological polar surface area (TPSA) is 44.8 Å². The summed E-state index contributed by atoms with van der Waals surface area (Å²) in [5.74, 6) is 5.70. The van der Waals surface area contributed by atoms with Crippen LogP contribution < -0.4 is 4.74 Å². The zero-order chi connectivity index (χ0) is 34.0. The van der Waals surface area contributed by atoms with E-state index in [1.54, 1.807) is 5.57 Å². The number of fused-ring (bicyclic) bond motifs is 5. The predicted molar refractivity (Wildman–Crippen MR) is 201 cm³/mol. The number of hydrogen-bond acceptors (Lipinski definition) is 4. The number of allylic oxidation sites excluding steroid dienone is 1. The summed E-state index contributed by atoms with van der Waals surface area (Å²) in [4.78, 5) is 13.2. The molecule has 0 heterocycles. The highest BCUT2D eigenvalue weighted by Gasteiger charge is 2.59. The Morgan fingerprint density at radius 2 is 1.70 bits per heavy atom. The SMILES string of the molecule is CC(C)CCC[C@@H](C)[C@H]1CC[C@H]2[C@@H]3CC=C4C[C@@H](OC(=O)c5ccc(OCCC[Si](C)(C)O[SiH](C)C)cc5)CC[C@]4(C)[C@H]3CC[C@]12C. The van der Waals surface area contributed by atoms with Gasteiger partial charge in [-0.3, -0.25) is 0 Å². The Bertz CT molecular complexity index is 1220. The lowest BCUT2D eigenvalue weighted by Crippen LogP contribution is -2.51. The minimum Gasteiger partial charge on any atom is -0.494 e. The Labute approximate surface area is 291 Å². The molecule has 1 aromatic rings. The van der Waals surface area contributed by atoms with Gasteiger partial charge in [-0.05, 0) is 154 Å². The second-order valence-electron chi connectivity index (χ2n) is 18.0. The Balaban J connectivity index is 1.12. The second-order valence-corrected chi connectivity index (χ2v) is 25.0. The van der Waals surface area contributed by atoms with Gasteiger partial charge in [0.15, 0.2) is 17.4 Å². The molecule has 4 nitrogen and oxygen atoms in total. The molecule has 5 rings (SSSR count). The molecule has 4 aliphatic carbocycles. The van der Waals surface area contributed by atoms with E-state index in [4.69, 9.17) is 13.6 Å². The van der Waals surface area contributed by atoms with Crippen molar-refractivity contribution in [1.29, 1.82) is 0 Å². The number of esters is 1. The number of ether oxygens (including phenoxy) is 2. The van der Waals surface area contributed by atoms with Gasteiger partial charge in [0.1, 0.15) is 11.9 Å². The number of carbonyl (C=O) groups excluding carboxylic acids is 1. The molecule has 0 aromatic heterocycles. The van der Waals surface area contributed by atoms with Crippen LogP contribution in [0.1, 0.15) is 122 Å². The van der Waals surface area contributed by atoms with Crippen molar-refractivity contribution in [2.75, 3.05) is 6.61 Å². The van der Waals surface area contributed by atoms with Crippen molar-refractivity contribution in [3.8, 4) is 5.75 Å². The van der Waals surface area contributed by atoms with Gasteiger partial charge in [0, 0.05) is 6.42 Å². The number of carbonyl (C=O) groups is 1. The lowest BCUT2D eigenvalue weighted by Gasteiger charge is -2.58. The summed E-state index contributed by atoms with van der Waals surface area (Å²) in [5.41, 5.74) is 3.00. The molecule has 264 valence electrons. The first kappa shape index (κ1) is 36.9. The molecule has 0 saturated heterocycles. The maximum Gasteiger partial charge on any atom is 0.338 e. The Morgan fingerprint density at radius 1 is 0.957 bits per heavy atom. The summed E-state index contributed by atoms with van der Waals surface area (Å²) >= 11 is 0. The van der Waals surface area contributed by atoms with E-state index in [0.29, 0.717) is 17.6 Å². The first-order chi connectivity index (χ1) is 22.2. The van der Waals surface area contributed by atoms with Crippen LogP contribution in [0.5, 0.6) is 5.75 Å². The third kappa shape index (κ3) is 8.51. The molecule has 47 heavy (non-hydrogen) atoms. The summed E-state index contributed by atoms with van der Waals surface area (Å²) in [5, 5.41) is 0. The molecular formula is C41H68O4Si2. The van der Waals surface area contributed by atoms with Crippen LogP contribution in [0.4, 0.5) is 0 Å². The first-order valence-electron chi connectivity index (χ1n) is 19.5. The van der Waals surface area contributed by atoms with Crippen LogP contribution in [-0.4, -0.2) is 36.0 Å². The minimum absolute atomic E-state index is 0.0191. The van der Waals surface area contributed by atoms with E-state index in [-0.39, 0.29) is 17.5 Å². The summed E-state index contributed by atoms with van der Waals surface area (Å²) < 4.78 is 18.4. The fourth-order valence-electron chi connectivity index (χ4n) is 11.0. The average Bonchev–Trinajstić information content (AvgIpc) is 3.36. The second kappa shape index (κ2) is 15.2. The quantitative estimate of drug-likeness (QED) is 0.0849. The van der Waals surface area contributed by atoms with E-state index in [0.717, 1.165) is 73.0 Å². The molecule has 0 aliphatic heterocycles. The van der Waals surface area contributed by atoms with Crippen LogP contribution in [0.15, 0.2) is 35.9 Å². The van der Waals surface area contributed by atoms with E-state index in [1.807, 2.05) is 24.3 Å². The molecule has 0 N–H and O–H groups in total. The number of benzene rings is 1. The molecule has 0 amide bonds. The summed E-state index contributed by atoms with van der Waals surface area (Å²) in [6.07, 6.45) is 17.7. The molecule has 0 radical (unpaired) electrons. The van der Waals surface area contributed by atoms with E-state index in [1.165, 1.54) is 51.4 Å². The Kier molecular flexibility index (Phi) is 12.0. The molecule has 1 aromatic carbocycles. The van der Waals surface area contributed by atoms with Gasteiger partial charge < -0.3 is 13.6 Å². The maximum atomic E-state index is 13.2. The van der Waals surface area contributed by atoms with Gasteiger partial charge in [-0.25, -0.2) is 4.79 Å². The van der Waals surface area contributed by atoms with Crippen molar-refractivity contribution in [2.45, 2.75) is 150 Å². The largest absolute Gasteiger partial charge is 0.494 e. The van der Waals surface area contributed by atoms with Crippen LogP contribution in [0.2, 0.25) is 32.2 Å². The zero-order valence-electron chi connectivity index (χ0n) is 31.5. The number of hydrogen-bond donors (Lipinski definition) is 0. The van der Waals surface area contributed by atoms with Crippen molar-refractivity contribution in [2.24, 2.45) is 46.3 Å². The first-order valence-corrected chi connectivity index (χ1v) is 25.4. The van der Waals surface area contributed by atoms with E-state index < -0.39 is 17.4 Å². The smallest absolute Gasteiger partial charge is 0.338 e. The molecule has 3 fully saturated rings. The third-order valence-corrected chi connectivity index (χ3v) is 19.4. The monoisotopic (exact) mass is 680 g/mol. The van der Waals surface area contributed by atoms with Crippen LogP contribution in [0, 0.1) is 46.3 Å². The highest BCUT2D eigenvalue weighted by atomic mass is 28.4. The van der Waals surface area contributed by atoms with Gasteiger partial charge >= 0.3 is 5.97 Å². The van der Waals surface area contributed by atoms with Gasteiger partial charge in [0.05, 0.1) is 12.2 Å². The van der Waals surface area contributed by atoms with Gasteiger partial charge in [-0.1, -0.05) is 65.5 Å². The molecule has 6 heteroatoms. The lowest BCUT2D eigenvalue weighted by atomic mass is 9.47. The minimum atomic E-state index is -1.58. The predicted octanol–water partition coefficient (Wildman–Crippen LogP) is 11.2. The summed E-state index contributed by atoms with van der Waals surface area (Å²) in [6.45, 7) is 22.4. The maximum absolute atomic E-state index is 13.2. The van der Waals surface area contributed by atoms with Gasteiger partial charge in [-0.15, -0.1) is 0 Å². The Hall–Kier alpha value is -1.38. The molecule has 4 aliphatic rings. The van der Waals surface area contributed by atoms with Crippen molar-refractivity contribution >= 4 is 23.3 Å². The van der Waals surface area contributed by atoms with Gasteiger partial charge in [0.25, 0.3) is 0 Å². The fourth-order valence-corrected chi connectivity index (χ4v) is 17.6. The average molecular weight is 681 g/mol. The Morgan fingerprint density at radius 3 is 2.40 bits per heavy atom. The van der Waals surface area contributed by atoms with E-state index in [9.17, 15) is 4.79 Å². The standard InChI is InChI=1S/C41H68O4Si2/c1-29(2)12-10-13-30(3)36-20-21-37-35-19-16-32-28-34(22-24-40(32,4)38(35)23-25-41(36,37)5)44-39(42)31-14-17-33(18-15-31)43-26-11-27-47(8,9)45-46(6)7/h14-18,29-30,34-38,46H,10-13,19-28H2,1-9H3/t30-,34+,35+,36-,37+,38+,40+,41-/m1/s1.